The van der Waals surface area contributed by atoms with Crippen LogP contribution in [0.4, 0.5) is 0 Å². The molecular weight excluding hydrogens is 426 g/mol. The number of hydrogen-bond donors (Lipinski definition) is 0. The minimum atomic E-state index is 0.0562. The zero-order valence-electron chi connectivity index (χ0n) is 18.0. The SMILES string of the molecule is O=C(C1CCN(CC(=O)N2CCc3sccc3[C@H]2c2cccs2)CC1)N1CCCCC1. The van der Waals surface area contributed by atoms with Crippen LogP contribution in [0.25, 0.3) is 0 Å². The van der Waals surface area contributed by atoms with E-state index in [-0.39, 0.29) is 17.9 Å². The van der Waals surface area contributed by atoms with Crippen molar-refractivity contribution in [3.8, 4) is 0 Å². The van der Waals surface area contributed by atoms with Gasteiger partial charge >= 0.3 is 0 Å². The number of carbonyl (C=O) groups is 2. The summed E-state index contributed by atoms with van der Waals surface area (Å²) in [5.41, 5.74) is 1.30. The first-order valence-corrected chi connectivity index (χ1v) is 13.4. The normalized spacial score (nSPS) is 23.0. The molecule has 31 heavy (non-hydrogen) atoms. The van der Waals surface area contributed by atoms with E-state index in [0.29, 0.717) is 12.5 Å². The van der Waals surface area contributed by atoms with E-state index in [1.165, 1.54) is 21.7 Å². The zero-order chi connectivity index (χ0) is 21.2. The highest BCUT2D eigenvalue weighted by Crippen LogP contribution is 2.39. The molecule has 0 unspecified atom stereocenters. The van der Waals surface area contributed by atoms with Crippen LogP contribution in [0.3, 0.4) is 0 Å². The van der Waals surface area contributed by atoms with Gasteiger partial charge in [-0.15, -0.1) is 22.7 Å². The van der Waals surface area contributed by atoms with Crippen LogP contribution >= 0.6 is 22.7 Å². The predicted molar refractivity (Wildman–Crippen MR) is 125 cm³/mol. The highest BCUT2D eigenvalue weighted by molar-refractivity contribution is 7.10. The standard InChI is InChI=1S/C24H31N3O2S2/c28-22(17-25-12-6-18(7-13-25)24(29)26-10-2-1-3-11-26)27-14-8-20-19(9-16-31-20)23(27)21-5-4-15-30-21/h4-5,9,15-16,18,23H,1-3,6-8,10-14,17H2/t23-/m0/s1. The van der Waals surface area contributed by atoms with Gasteiger partial charge in [-0.3, -0.25) is 14.5 Å². The molecule has 0 aromatic carbocycles. The molecule has 2 saturated heterocycles. The third-order valence-corrected chi connectivity index (χ3v) is 8.98. The average Bonchev–Trinajstić information content (AvgIpc) is 3.51. The molecule has 166 valence electrons. The molecule has 5 rings (SSSR count). The summed E-state index contributed by atoms with van der Waals surface area (Å²) in [4.78, 5) is 35.3. The van der Waals surface area contributed by atoms with Gasteiger partial charge in [-0.2, -0.15) is 0 Å². The van der Waals surface area contributed by atoms with Crippen molar-refractivity contribution in [3.05, 3.63) is 44.3 Å². The zero-order valence-corrected chi connectivity index (χ0v) is 19.6. The summed E-state index contributed by atoms with van der Waals surface area (Å²) < 4.78 is 0. The second-order valence-electron chi connectivity index (χ2n) is 8.99. The van der Waals surface area contributed by atoms with Crippen LogP contribution < -0.4 is 0 Å². The van der Waals surface area contributed by atoms with Crippen molar-refractivity contribution in [2.75, 3.05) is 39.3 Å². The fraction of sp³-hybridized carbons (Fsp3) is 0.583. The first kappa shape index (κ1) is 21.2. The molecule has 1 atom stereocenters. The summed E-state index contributed by atoms with van der Waals surface area (Å²) in [5.74, 6) is 0.715. The molecule has 2 aromatic rings. The maximum atomic E-state index is 13.4. The smallest absolute Gasteiger partial charge is 0.237 e. The first-order chi connectivity index (χ1) is 15.2. The molecule has 0 saturated carbocycles. The fourth-order valence-corrected chi connectivity index (χ4v) is 7.09. The first-order valence-electron chi connectivity index (χ1n) is 11.6. The lowest BCUT2D eigenvalue weighted by Crippen LogP contribution is -2.48. The largest absolute Gasteiger partial charge is 0.342 e. The molecule has 0 aliphatic carbocycles. The minimum absolute atomic E-state index is 0.0562. The number of likely N-dealkylation sites (tertiary alicyclic amines) is 2. The van der Waals surface area contributed by atoms with Crippen molar-refractivity contribution in [1.82, 2.24) is 14.7 Å². The highest BCUT2D eigenvalue weighted by Gasteiger charge is 2.35. The van der Waals surface area contributed by atoms with Crippen LogP contribution in [0, 0.1) is 5.92 Å². The van der Waals surface area contributed by atoms with Gasteiger partial charge in [0.2, 0.25) is 11.8 Å². The van der Waals surface area contributed by atoms with E-state index in [4.69, 9.17) is 0 Å². The predicted octanol–water partition coefficient (Wildman–Crippen LogP) is 4.01. The van der Waals surface area contributed by atoms with Crippen molar-refractivity contribution in [2.24, 2.45) is 5.92 Å². The number of thiophene rings is 2. The molecule has 0 N–H and O–H groups in total. The molecule has 7 heteroatoms. The third-order valence-electron chi connectivity index (χ3n) is 7.06. The maximum absolute atomic E-state index is 13.4. The molecule has 5 nitrogen and oxygen atoms in total. The van der Waals surface area contributed by atoms with Crippen LogP contribution in [0.15, 0.2) is 29.0 Å². The number of fused-ring (bicyclic) bond motifs is 1. The van der Waals surface area contributed by atoms with Crippen molar-refractivity contribution in [3.63, 3.8) is 0 Å². The van der Waals surface area contributed by atoms with E-state index in [1.807, 2.05) is 11.3 Å². The monoisotopic (exact) mass is 457 g/mol. The number of hydrogen-bond acceptors (Lipinski definition) is 5. The summed E-state index contributed by atoms with van der Waals surface area (Å²) in [6.45, 7) is 4.81. The molecule has 0 radical (unpaired) electrons. The quantitative estimate of drug-likeness (QED) is 0.697. The average molecular weight is 458 g/mol. The molecule has 2 amide bonds. The van der Waals surface area contributed by atoms with E-state index < -0.39 is 0 Å². The molecule has 2 aromatic heterocycles. The van der Waals surface area contributed by atoms with E-state index in [1.54, 1.807) is 11.3 Å². The highest BCUT2D eigenvalue weighted by atomic mass is 32.1. The topological polar surface area (TPSA) is 43.9 Å². The van der Waals surface area contributed by atoms with Gasteiger partial charge in [0.15, 0.2) is 0 Å². The van der Waals surface area contributed by atoms with Crippen molar-refractivity contribution in [1.29, 1.82) is 0 Å². The van der Waals surface area contributed by atoms with Gasteiger partial charge in [-0.05, 0) is 80.1 Å². The van der Waals surface area contributed by atoms with Crippen LogP contribution in [0.5, 0.6) is 0 Å². The Hall–Kier alpha value is -1.70. The van der Waals surface area contributed by atoms with Gasteiger partial charge in [-0.25, -0.2) is 0 Å². The van der Waals surface area contributed by atoms with Gasteiger partial charge in [0.1, 0.15) is 0 Å². The fourth-order valence-electron chi connectivity index (χ4n) is 5.33. The van der Waals surface area contributed by atoms with Gasteiger partial charge < -0.3 is 9.80 Å². The summed E-state index contributed by atoms with van der Waals surface area (Å²) in [5, 5.41) is 4.26. The van der Waals surface area contributed by atoms with Crippen molar-refractivity contribution < 1.29 is 9.59 Å². The molecule has 3 aliphatic heterocycles. The van der Waals surface area contributed by atoms with Gasteiger partial charge in [0.05, 0.1) is 12.6 Å². The Bertz CT molecular complexity index is 896. The van der Waals surface area contributed by atoms with E-state index in [0.717, 1.165) is 64.8 Å². The molecule has 5 heterocycles. The van der Waals surface area contributed by atoms with Gasteiger partial charge in [0, 0.05) is 35.3 Å². The van der Waals surface area contributed by atoms with E-state index >= 15 is 0 Å². The number of rotatable bonds is 4. The molecule has 0 bridgehead atoms. The minimum Gasteiger partial charge on any atom is -0.342 e. The maximum Gasteiger partial charge on any atom is 0.237 e. The summed E-state index contributed by atoms with van der Waals surface area (Å²) in [6.07, 6.45) is 6.25. The second kappa shape index (κ2) is 9.43. The van der Waals surface area contributed by atoms with Crippen LogP contribution in [0.1, 0.15) is 53.5 Å². The lowest BCUT2D eigenvalue weighted by Gasteiger charge is -2.38. The summed E-state index contributed by atoms with van der Waals surface area (Å²) >= 11 is 3.55. The molecular formula is C24H31N3O2S2. The van der Waals surface area contributed by atoms with Crippen LogP contribution in [-0.4, -0.2) is 65.8 Å². The lowest BCUT2D eigenvalue weighted by molar-refractivity contribution is -0.138. The van der Waals surface area contributed by atoms with E-state index in [2.05, 4.69) is 43.7 Å². The third kappa shape index (κ3) is 4.45. The van der Waals surface area contributed by atoms with Gasteiger partial charge in [-0.1, -0.05) is 6.07 Å². The Morgan fingerprint density at radius 1 is 0.935 bits per heavy atom. The number of piperidine rings is 2. The summed E-state index contributed by atoms with van der Waals surface area (Å²) in [7, 11) is 0. The Labute approximate surface area is 192 Å². The van der Waals surface area contributed by atoms with Crippen LogP contribution in [0.2, 0.25) is 0 Å². The Balaban J connectivity index is 1.20. The Kier molecular flexibility index (Phi) is 6.44. The van der Waals surface area contributed by atoms with E-state index in [9.17, 15) is 9.59 Å². The van der Waals surface area contributed by atoms with Crippen molar-refractivity contribution >= 4 is 34.5 Å². The molecule has 2 fully saturated rings. The number of nitrogens with zero attached hydrogens (tertiary/aromatic N) is 3. The molecule has 3 aliphatic rings. The van der Waals surface area contributed by atoms with Crippen LogP contribution in [-0.2, 0) is 16.0 Å². The Morgan fingerprint density at radius 3 is 2.48 bits per heavy atom. The Morgan fingerprint density at radius 2 is 1.74 bits per heavy atom. The second-order valence-corrected chi connectivity index (χ2v) is 11.0. The number of carbonyl (C=O) groups excluding carboxylic acids is 2. The lowest BCUT2D eigenvalue weighted by atomic mass is 9.94. The number of amides is 2. The van der Waals surface area contributed by atoms with Crippen molar-refractivity contribution in [2.45, 2.75) is 44.6 Å². The van der Waals surface area contributed by atoms with Gasteiger partial charge in [0.25, 0.3) is 0 Å². The summed E-state index contributed by atoms with van der Waals surface area (Å²) in [6, 6.07) is 6.48. The molecule has 0 spiro atoms.